The molecule has 3 heterocycles. The molecule has 1 saturated carbocycles. The van der Waals surface area contributed by atoms with E-state index in [0.717, 1.165) is 19.3 Å². The van der Waals surface area contributed by atoms with Crippen LogP contribution in [0.15, 0.2) is 24.5 Å². The number of hydrogen-bond donors (Lipinski definition) is 2. The number of aliphatic carboxylic acids is 1. The molecule has 1 aromatic rings. The van der Waals surface area contributed by atoms with E-state index >= 15 is 0 Å². The monoisotopic (exact) mass is 534 g/mol. The van der Waals surface area contributed by atoms with Gasteiger partial charge in [0, 0.05) is 45.6 Å². The lowest BCUT2D eigenvalue weighted by molar-refractivity contribution is -0.192. The second-order valence-electron chi connectivity index (χ2n) is 9.54. The first-order valence-electron chi connectivity index (χ1n) is 11.3. The highest BCUT2D eigenvalue weighted by Gasteiger charge is 2.65. The van der Waals surface area contributed by atoms with Gasteiger partial charge >= 0.3 is 12.1 Å². The van der Waals surface area contributed by atoms with E-state index in [2.05, 4.69) is 10.3 Å². The number of alkyl halides is 3. The number of carboxylic acid groups (broad SMARTS) is 1. The molecule has 36 heavy (non-hydrogen) atoms. The van der Waals surface area contributed by atoms with Crippen molar-refractivity contribution in [1.82, 2.24) is 19.5 Å². The van der Waals surface area contributed by atoms with Crippen LogP contribution in [0.3, 0.4) is 0 Å². The van der Waals surface area contributed by atoms with Crippen LogP contribution in [0, 0.1) is 16.7 Å². The molecule has 14 heteroatoms. The Hall–Kier alpha value is -2.74. The van der Waals surface area contributed by atoms with Gasteiger partial charge in [-0.3, -0.25) is 14.6 Å². The number of sulfonamides is 1. The highest BCUT2D eigenvalue weighted by atomic mass is 32.2. The van der Waals surface area contributed by atoms with E-state index in [4.69, 9.17) is 9.90 Å². The molecule has 0 unspecified atom stereocenters. The van der Waals surface area contributed by atoms with Crippen LogP contribution in [0.5, 0.6) is 0 Å². The summed E-state index contributed by atoms with van der Waals surface area (Å²) in [4.78, 5) is 40.4. The molecule has 2 saturated heterocycles. The number of amides is 2. The number of rotatable bonds is 3. The maximum Gasteiger partial charge on any atom is 0.490 e. The molecule has 0 aromatic carbocycles. The molecule has 1 spiro atoms. The molecule has 1 aromatic heterocycles. The lowest BCUT2D eigenvalue weighted by atomic mass is 9.65. The van der Waals surface area contributed by atoms with E-state index in [0.29, 0.717) is 31.6 Å². The number of halogens is 3. The molecule has 2 atom stereocenters. The van der Waals surface area contributed by atoms with Gasteiger partial charge in [-0.2, -0.15) is 13.2 Å². The van der Waals surface area contributed by atoms with Crippen LogP contribution in [0.1, 0.15) is 36.0 Å². The number of hydrogen-bond acceptors (Lipinski definition) is 6. The van der Waals surface area contributed by atoms with Gasteiger partial charge in [-0.25, -0.2) is 17.5 Å². The van der Waals surface area contributed by atoms with Gasteiger partial charge in [-0.05, 0) is 49.1 Å². The van der Waals surface area contributed by atoms with Gasteiger partial charge in [0.15, 0.2) is 0 Å². The zero-order valence-electron chi connectivity index (χ0n) is 19.9. The van der Waals surface area contributed by atoms with Gasteiger partial charge < -0.3 is 15.3 Å². The fourth-order valence-corrected chi connectivity index (χ4v) is 6.70. The predicted molar refractivity (Wildman–Crippen MR) is 121 cm³/mol. The number of fused-ring (bicyclic) bond motifs is 2. The molecule has 3 fully saturated rings. The molecule has 2 amide bonds. The molecule has 4 rings (SSSR count). The molecule has 200 valence electrons. The Kier molecular flexibility index (Phi) is 7.70. The Bertz CT molecular complexity index is 1110. The molecule has 0 radical (unpaired) electrons. The van der Waals surface area contributed by atoms with E-state index < -0.39 is 27.6 Å². The third-order valence-electron chi connectivity index (χ3n) is 7.67. The summed E-state index contributed by atoms with van der Waals surface area (Å²) in [5, 5.41) is 9.90. The molecule has 3 aliphatic rings. The fraction of sp³-hybridized carbons (Fsp3) is 0.636. The Labute approximate surface area is 206 Å². The van der Waals surface area contributed by atoms with Gasteiger partial charge in [0.2, 0.25) is 15.9 Å². The molecule has 1 aliphatic carbocycles. The van der Waals surface area contributed by atoms with Crippen LogP contribution in [0.2, 0.25) is 0 Å². The van der Waals surface area contributed by atoms with Crippen molar-refractivity contribution in [3.8, 4) is 0 Å². The Balaban J connectivity index is 0.000000454. The van der Waals surface area contributed by atoms with E-state index in [9.17, 15) is 31.2 Å². The SMILES string of the molecule is CNC(=O)[C@@]12CCC3(CCN(C(=O)c4cccnc4)CC3)[C@@H]1CN(S(C)(=O)=O)C2.O=C(O)C(F)(F)F. The summed E-state index contributed by atoms with van der Waals surface area (Å²) in [6.07, 6.45) is 2.54. The number of nitrogens with zero attached hydrogens (tertiary/aromatic N) is 3. The zero-order chi connectivity index (χ0) is 26.9. The topological polar surface area (TPSA) is 137 Å². The number of carbonyl (C=O) groups is 3. The standard InChI is InChI=1S/C20H28N4O4S.C2HF3O2/c1-21-18(26)20-6-5-19(16(20)13-24(14-20)29(2,27)28)7-10-23(11-8-19)17(25)15-4-3-9-22-12-15;3-2(4,5)1(6)7/h3-4,9,12,16H,5-8,10-11,13-14H2,1-2H3,(H,21,26);(H,6,7)/t16-,20+;/m0./s1. The van der Waals surface area contributed by atoms with Crippen molar-refractivity contribution >= 4 is 27.8 Å². The van der Waals surface area contributed by atoms with Gasteiger partial charge in [-0.15, -0.1) is 0 Å². The first-order chi connectivity index (χ1) is 16.7. The van der Waals surface area contributed by atoms with Crippen molar-refractivity contribution in [2.24, 2.45) is 16.7 Å². The molecule has 2 N–H and O–H groups in total. The normalized spacial score (nSPS) is 25.6. The van der Waals surface area contributed by atoms with E-state index in [1.807, 2.05) is 4.90 Å². The van der Waals surface area contributed by atoms with Gasteiger partial charge in [0.05, 0.1) is 17.2 Å². The number of pyridine rings is 1. The first kappa shape index (κ1) is 27.8. The van der Waals surface area contributed by atoms with Crippen LogP contribution < -0.4 is 5.32 Å². The minimum absolute atomic E-state index is 0.0136. The lowest BCUT2D eigenvalue weighted by Gasteiger charge is -2.44. The highest BCUT2D eigenvalue weighted by molar-refractivity contribution is 7.88. The van der Waals surface area contributed by atoms with Crippen LogP contribution >= 0.6 is 0 Å². The summed E-state index contributed by atoms with van der Waals surface area (Å²) in [5.41, 5.74) is -0.177. The molecular formula is C22H29F3N4O6S. The summed E-state index contributed by atoms with van der Waals surface area (Å²) in [7, 11) is -1.74. The van der Waals surface area contributed by atoms with Crippen LogP contribution in [-0.2, 0) is 19.6 Å². The van der Waals surface area contributed by atoms with E-state index in [1.165, 1.54) is 10.6 Å². The molecular weight excluding hydrogens is 505 g/mol. The van der Waals surface area contributed by atoms with Gasteiger partial charge in [0.1, 0.15) is 0 Å². The molecule has 0 bridgehead atoms. The quantitative estimate of drug-likeness (QED) is 0.597. The first-order valence-corrected chi connectivity index (χ1v) is 13.2. The summed E-state index contributed by atoms with van der Waals surface area (Å²) < 4.78 is 57.7. The van der Waals surface area contributed by atoms with Crippen LogP contribution in [-0.4, -0.2) is 91.2 Å². The van der Waals surface area contributed by atoms with Crippen molar-refractivity contribution in [2.45, 2.75) is 31.9 Å². The second kappa shape index (κ2) is 9.96. The second-order valence-corrected chi connectivity index (χ2v) is 11.5. The number of carbonyl (C=O) groups excluding carboxylic acids is 2. The third kappa shape index (κ3) is 5.33. The Morgan fingerprint density at radius 3 is 2.25 bits per heavy atom. The van der Waals surface area contributed by atoms with Gasteiger partial charge in [0.25, 0.3) is 5.91 Å². The van der Waals surface area contributed by atoms with Crippen molar-refractivity contribution in [1.29, 1.82) is 0 Å². The number of likely N-dealkylation sites (tertiary alicyclic amines) is 1. The van der Waals surface area contributed by atoms with Crippen molar-refractivity contribution < 1.29 is 41.1 Å². The predicted octanol–water partition coefficient (Wildman–Crippen LogP) is 1.35. The average Bonchev–Trinajstić information content (AvgIpc) is 3.36. The third-order valence-corrected chi connectivity index (χ3v) is 8.88. The van der Waals surface area contributed by atoms with E-state index in [1.54, 1.807) is 31.6 Å². The Morgan fingerprint density at radius 1 is 1.17 bits per heavy atom. The highest BCUT2D eigenvalue weighted by Crippen LogP contribution is 2.62. The maximum atomic E-state index is 12.9. The van der Waals surface area contributed by atoms with Crippen molar-refractivity contribution in [3.63, 3.8) is 0 Å². The van der Waals surface area contributed by atoms with Gasteiger partial charge in [-0.1, -0.05) is 0 Å². The summed E-state index contributed by atoms with van der Waals surface area (Å²) in [6.45, 7) is 1.89. The zero-order valence-corrected chi connectivity index (χ0v) is 20.7. The Morgan fingerprint density at radius 2 is 1.78 bits per heavy atom. The number of nitrogens with one attached hydrogen (secondary N) is 1. The number of aromatic nitrogens is 1. The fourth-order valence-electron chi connectivity index (χ4n) is 5.82. The van der Waals surface area contributed by atoms with Crippen LogP contribution in [0.4, 0.5) is 13.2 Å². The lowest BCUT2D eigenvalue weighted by Crippen LogP contribution is -2.49. The molecule has 10 nitrogen and oxygen atoms in total. The minimum Gasteiger partial charge on any atom is -0.475 e. The molecule has 2 aliphatic heterocycles. The minimum atomic E-state index is -5.08. The smallest absolute Gasteiger partial charge is 0.475 e. The van der Waals surface area contributed by atoms with Crippen molar-refractivity contribution in [3.05, 3.63) is 30.1 Å². The van der Waals surface area contributed by atoms with E-state index in [-0.39, 0.29) is 29.7 Å². The maximum absolute atomic E-state index is 12.9. The average molecular weight is 535 g/mol. The summed E-state index contributed by atoms with van der Waals surface area (Å²) >= 11 is 0. The number of piperidine rings is 1. The number of carboxylic acids is 1. The van der Waals surface area contributed by atoms with Crippen molar-refractivity contribution in [2.75, 3.05) is 39.5 Å². The summed E-state index contributed by atoms with van der Waals surface area (Å²) in [5.74, 6) is -2.85. The largest absolute Gasteiger partial charge is 0.490 e. The summed E-state index contributed by atoms with van der Waals surface area (Å²) in [6, 6.07) is 3.53. The van der Waals surface area contributed by atoms with Crippen LogP contribution in [0.25, 0.3) is 0 Å².